The SMILES string of the molecule is Cc1cc(N2CCOc3ncnc(N)c3C2=O)cc(C)c1N1CCN(CC(=O)O)C1=O. The number of fused-ring (bicyclic) bond motifs is 1. The van der Waals surface area contributed by atoms with Crippen LogP contribution in [0.25, 0.3) is 0 Å². The van der Waals surface area contributed by atoms with E-state index in [-0.39, 0.29) is 42.4 Å². The summed E-state index contributed by atoms with van der Waals surface area (Å²) in [6.07, 6.45) is 1.25. The predicted molar refractivity (Wildman–Crippen MR) is 111 cm³/mol. The average molecular weight is 426 g/mol. The molecule has 3 N–H and O–H groups in total. The van der Waals surface area contributed by atoms with Crippen LogP contribution in [-0.2, 0) is 4.79 Å². The lowest BCUT2D eigenvalue weighted by molar-refractivity contribution is -0.137. The van der Waals surface area contributed by atoms with Gasteiger partial charge in [0.1, 0.15) is 30.9 Å². The van der Waals surface area contributed by atoms with Gasteiger partial charge in [0.15, 0.2) is 0 Å². The van der Waals surface area contributed by atoms with Gasteiger partial charge in [0, 0.05) is 18.8 Å². The van der Waals surface area contributed by atoms with Gasteiger partial charge in [0.05, 0.1) is 12.2 Å². The summed E-state index contributed by atoms with van der Waals surface area (Å²) in [5, 5.41) is 9.00. The van der Waals surface area contributed by atoms with Crippen LogP contribution in [0.1, 0.15) is 21.5 Å². The fraction of sp³-hybridized carbons (Fsp3) is 0.350. The fourth-order valence-corrected chi connectivity index (χ4v) is 4.02. The molecule has 31 heavy (non-hydrogen) atoms. The molecule has 3 heterocycles. The minimum absolute atomic E-state index is 0.0492. The van der Waals surface area contributed by atoms with Gasteiger partial charge in [-0.05, 0) is 37.1 Å². The smallest absolute Gasteiger partial charge is 0.325 e. The van der Waals surface area contributed by atoms with Gasteiger partial charge in [-0.15, -0.1) is 0 Å². The van der Waals surface area contributed by atoms with Crippen molar-refractivity contribution in [2.24, 2.45) is 0 Å². The Hall–Kier alpha value is -3.89. The minimum atomic E-state index is -1.05. The molecule has 3 amide bonds. The third kappa shape index (κ3) is 3.58. The molecular formula is C20H22N6O5. The number of aromatic nitrogens is 2. The van der Waals surface area contributed by atoms with Gasteiger partial charge in [0.2, 0.25) is 5.88 Å². The van der Waals surface area contributed by atoms with E-state index in [1.807, 2.05) is 26.0 Å². The number of anilines is 3. The zero-order chi connectivity index (χ0) is 22.3. The molecule has 0 aliphatic carbocycles. The number of rotatable bonds is 4. The number of benzene rings is 1. The van der Waals surface area contributed by atoms with E-state index in [1.165, 1.54) is 11.2 Å². The second-order valence-electron chi connectivity index (χ2n) is 7.42. The summed E-state index contributed by atoms with van der Waals surface area (Å²) in [6.45, 7) is 4.63. The Bertz CT molecular complexity index is 1060. The molecule has 2 aliphatic heterocycles. The summed E-state index contributed by atoms with van der Waals surface area (Å²) < 4.78 is 5.57. The first-order chi connectivity index (χ1) is 14.8. The van der Waals surface area contributed by atoms with E-state index in [4.69, 9.17) is 15.6 Å². The number of hydrogen-bond donors (Lipinski definition) is 2. The van der Waals surface area contributed by atoms with E-state index in [1.54, 1.807) is 9.80 Å². The van der Waals surface area contributed by atoms with Gasteiger partial charge in [-0.1, -0.05) is 0 Å². The van der Waals surface area contributed by atoms with Crippen LogP contribution in [0.15, 0.2) is 18.5 Å². The van der Waals surface area contributed by atoms with Crippen molar-refractivity contribution >= 4 is 35.1 Å². The summed E-state index contributed by atoms with van der Waals surface area (Å²) in [7, 11) is 0. The molecule has 0 radical (unpaired) electrons. The van der Waals surface area contributed by atoms with Crippen molar-refractivity contribution in [3.8, 4) is 5.88 Å². The topological polar surface area (TPSA) is 142 Å². The van der Waals surface area contributed by atoms with Crippen LogP contribution in [-0.4, -0.2) is 70.7 Å². The van der Waals surface area contributed by atoms with Crippen molar-refractivity contribution < 1.29 is 24.2 Å². The van der Waals surface area contributed by atoms with Crippen LogP contribution >= 0.6 is 0 Å². The van der Waals surface area contributed by atoms with Gasteiger partial charge in [0.25, 0.3) is 5.91 Å². The zero-order valence-electron chi connectivity index (χ0n) is 17.2. The Morgan fingerprint density at radius 2 is 1.84 bits per heavy atom. The molecule has 11 heteroatoms. The van der Waals surface area contributed by atoms with E-state index >= 15 is 0 Å². The number of aryl methyl sites for hydroxylation is 2. The lowest BCUT2D eigenvalue weighted by Crippen LogP contribution is -2.36. The normalized spacial score (nSPS) is 16.3. The predicted octanol–water partition coefficient (Wildman–Crippen LogP) is 1.04. The number of nitrogen functional groups attached to an aromatic ring is 1. The highest BCUT2D eigenvalue weighted by molar-refractivity contribution is 6.11. The zero-order valence-corrected chi connectivity index (χ0v) is 17.2. The van der Waals surface area contributed by atoms with Crippen LogP contribution in [0.5, 0.6) is 5.88 Å². The second-order valence-corrected chi connectivity index (χ2v) is 7.42. The van der Waals surface area contributed by atoms with Crippen molar-refractivity contribution in [2.75, 3.05) is 48.3 Å². The highest BCUT2D eigenvalue weighted by Gasteiger charge is 2.34. The van der Waals surface area contributed by atoms with E-state index < -0.39 is 5.97 Å². The fourth-order valence-electron chi connectivity index (χ4n) is 4.02. The monoisotopic (exact) mass is 426 g/mol. The summed E-state index contributed by atoms with van der Waals surface area (Å²) >= 11 is 0. The van der Waals surface area contributed by atoms with Crippen molar-refractivity contribution in [3.63, 3.8) is 0 Å². The molecule has 11 nitrogen and oxygen atoms in total. The first-order valence-electron chi connectivity index (χ1n) is 9.72. The molecule has 1 fully saturated rings. The van der Waals surface area contributed by atoms with E-state index in [9.17, 15) is 14.4 Å². The standard InChI is InChI=1S/C20H22N6O5/c1-11-7-13(25-5-6-31-18-15(19(25)29)17(21)22-10-23-18)8-12(2)16(11)26-4-3-24(20(26)30)9-14(27)28/h7-8,10H,3-6,9H2,1-2H3,(H,27,28)(H2,21,22,23). The Morgan fingerprint density at radius 3 is 2.52 bits per heavy atom. The molecule has 2 aliphatic rings. The van der Waals surface area contributed by atoms with E-state index in [0.717, 1.165) is 11.1 Å². The third-order valence-electron chi connectivity index (χ3n) is 5.33. The van der Waals surface area contributed by atoms with Crippen LogP contribution in [0.2, 0.25) is 0 Å². The lowest BCUT2D eigenvalue weighted by Gasteiger charge is -2.26. The maximum absolute atomic E-state index is 13.2. The number of nitrogens with zero attached hydrogens (tertiary/aromatic N) is 5. The maximum Gasteiger partial charge on any atom is 0.325 e. The highest BCUT2D eigenvalue weighted by atomic mass is 16.5. The summed E-state index contributed by atoms with van der Waals surface area (Å²) in [5.74, 6) is -1.20. The third-order valence-corrected chi connectivity index (χ3v) is 5.33. The first kappa shape index (κ1) is 20.4. The molecule has 162 valence electrons. The molecule has 4 rings (SSSR count). The molecule has 1 saturated heterocycles. The summed E-state index contributed by atoms with van der Waals surface area (Å²) in [4.78, 5) is 49.2. The molecule has 2 aromatic rings. The molecule has 1 aromatic carbocycles. The maximum atomic E-state index is 13.2. The number of hydrogen-bond acceptors (Lipinski definition) is 7. The number of carbonyl (C=O) groups excluding carboxylic acids is 2. The quantitative estimate of drug-likeness (QED) is 0.738. The number of carbonyl (C=O) groups is 3. The van der Waals surface area contributed by atoms with Crippen LogP contribution in [0, 0.1) is 13.8 Å². The Kier molecular flexibility index (Phi) is 5.09. The largest absolute Gasteiger partial charge is 0.480 e. The van der Waals surface area contributed by atoms with Crippen LogP contribution in [0.3, 0.4) is 0 Å². The van der Waals surface area contributed by atoms with Crippen LogP contribution < -0.4 is 20.3 Å². The molecule has 0 atom stereocenters. The molecule has 0 spiro atoms. The lowest BCUT2D eigenvalue weighted by atomic mass is 10.1. The van der Waals surface area contributed by atoms with Gasteiger partial charge in [-0.3, -0.25) is 14.5 Å². The number of urea groups is 1. The van der Waals surface area contributed by atoms with E-state index in [0.29, 0.717) is 31.0 Å². The van der Waals surface area contributed by atoms with Gasteiger partial charge >= 0.3 is 12.0 Å². The number of aliphatic carboxylic acids is 1. The number of nitrogens with two attached hydrogens (primary N) is 1. The number of ether oxygens (including phenoxy) is 1. The van der Waals surface area contributed by atoms with Crippen LogP contribution in [0.4, 0.5) is 22.0 Å². The van der Waals surface area contributed by atoms with Crippen molar-refractivity contribution in [1.29, 1.82) is 0 Å². The molecule has 1 aromatic heterocycles. The van der Waals surface area contributed by atoms with Gasteiger partial charge < -0.3 is 25.4 Å². The van der Waals surface area contributed by atoms with Crippen molar-refractivity contribution in [2.45, 2.75) is 13.8 Å². The highest BCUT2D eigenvalue weighted by Crippen LogP contribution is 2.34. The second kappa shape index (κ2) is 7.74. The van der Waals surface area contributed by atoms with Crippen molar-refractivity contribution in [3.05, 3.63) is 35.2 Å². The minimum Gasteiger partial charge on any atom is -0.480 e. The number of carboxylic acids is 1. The Balaban J connectivity index is 1.67. The molecule has 0 saturated carbocycles. The van der Waals surface area contributed by atoms with Gasteiger partial charge in [-0.2, -0.15) is 0 Å². The first-order valence-corrected chi connectivity index (χ1v) is 9.72. The molecular weight excluding hydrogens is 404 g/mol. The Morgan fingerprint density at radius 1 is 1.13 bits per heavy atom. The summed E-state index contributed by atoms with van der Waals surface area (Å²) in [6, 6.07) is 3.29. The molecule has 0 bridgehead atoms. The van der Waals surface area contributed by atoms with E-state index in [2.05, 4.69) is 9.97 Å². The van der Waals surface area contributed by atoms with Crippen molar-refractivity contribution in [1.82, 2.24) is 14.9 Å². The summed E-state index contributed by atoms with van der Waals surface area (Å²) in [5.41, 5.74) is 8.95. The average Bonchev–Trinajstić information content (AvgIpc) is 2.93. The number of amides is 3. The molecule has 0 unspecified atom stereocenters. The number of carboxylic acid groups (broad SMARTS) is 1. The Labute approximate surface area is 178 Å². The van der Waals surface area contributed by atoms with Gasteiger partial charge in [-0.25, -0.2) is 14.8 Å².